The lowest BCUT2D eigenvalue weighted by atomic mass is 10.1. The molecule has 2 N–H and O–H groups in total. The lowest BCUT2D eigenvalue weighted by Gasteiger charge is -2.27. The van der Waals surface area contributed by atoms with E-state index in [2.05, 4.69) is 25.2 Å². The van der Waals surface area contributed by atoms with Crippen LogP contribution in [0.15, 0.2) is 48.9 Å². The molecule has 1 aliphatic heterocycles. The number of carbonyl (C=O) groups is 1. The minimum Gasteiger partial charge on any atom is -0.383 e. The number of rotatable bonds is 8. The Balaban J connectivity index is 1.33. The van der Waals surface area contributed by atoms with Crippen molar-refractivity contribution < 1.29 is 18.7 Å². The Labute approximate surface area is 229 Å². The van der Waals surface area contributed by atoms with Crippen molar-refractivity contribution in [1.29, 1.82) is 0 Å². The van der Waals surface area contributed by atoms with Gasteiger partial charge in [0.05, 0.1) is 43.6 Å². The minimum atomic E-state index is -0.364. The number of halogens is 1. The van der Waals surface area contributed by atoms with E-state index < -0.39 is 0 Å². The molecule has 4 aromatic heterocycles. The summed E-state index contributed by atoms with van der Waals surface area (Å²) in [4.78, 5) is 32.0. The van der Waals surface area contributed by atoms with Crippen LogP contribution in [0.1, 0.15) is 22.8 Å². The molecule has 0 radical (unpaired) electrons. The third kappa shape index (κ3) is 5.10. The van der Waals surface area contributed by atoms with Crippen LogP contribution in [0.5, 0.6) is 0 Å². The smallest absolute Gasteiger partial charge is 0.255 e. The predicted octanol–water partition coefficient (Wildman–Crippen LogP) is 3.16. The number of aromatic amines is 1. The SMILES string of the molecule is COC[C@@H](C)NC(=O)c1c[nH]c2ncc(-c3nn(Cc4ccc(N5CCOCC5)nc4)c4cc(F)ccc34)nc12. The number of H-pyrrole nitrogens is 1. The first-order chi connectivity index (χ1) is 19.5. The molecule has 0 bridgehead atoms. The number of anilines is 1. The largest absolute Gasteiger partial charge is 0.383 e. The van der Waals surface area contributed by atoms with Gasteiger partial charge in [0.2, 0.25) is 0 Å². The molecule has 5 aromatic rings. The first kappa shape index (κ1) is 25.8. The van der Waals surface area contributed by atoms with Gasteiger partial charge in [-0.3, -0.25) is 9.48 Å². The van der Waals surface area contributed by atoms with E-state index in [-0.39, 0.29) is 17.8 Å². The summed E-state index contributed by atoms with van der Waals surface area (Å²) in [6.07, 6.45) is 5.00. The van der Waals surface area contributed by atoms with Gasteiger partial charge in [0.15, 0.2) is 5.65 Å². The zero-order chi connectivity index (χ0) is 27.6. The van der Waals surface area contributed by atoms with Crippen molar-refractivity contribution in [2.45, 2.75) is 19.5 Å². The molecule has 1 aliphatic rings. The number of nitrogens with one attached hydrogen (secondary N) is 2. The second-order valence-corrected chi connectivity index (χ2v) is 9.78. The van der Waals surface area contributed by atoms with Gasteiger partial charge < -0.3 is 24.7 Å². The number of benzene rings is 1. The molecule has 0 saturated carbocycles. The number of morpholine rings is 1. The summed E-state index contributed by atoms with van der Waals surface area (Å²) in [6.45, 7) is 5.62. The van der Waals surface area contributed by atoms with Crippen molar-refractivity contribution in [3.8, 4) is 11.4 Å². The summed E-state index contributed by atoms with van der Waals surface area (Å²) in [5.74, 6) is 0.251. The van der Waals surface area contributed by atoms with Crippen LogP contribution in [0.3, 0.4) is 0 Å². The number of nitrogens with zero attached hydrogens (tertiary/aromatic N) is 6. The van der Waals surface area contributed by atoms with Crippen LogP contribution < -0.4 is 10.2 Å². The highest BCUT2D eigenvalue weighted by atomic mass is 19.1. The summed E-state index contributed by atoms with van der Waals surface area (Å²) in [6, 6.07) is 8.36. The first-order valence-electron chi connectivity index (χ1n) is 13.1. The summed E-state index contributed by atoms with van der Waals surface area (Å²) >= 11 is 0. The predicted molar refractivity (Wildman–Crippen MR) is 148 cm³/mol. The number of methoxy groups -OCH3 is 1. The molecule has 5 heterocycles. The van der Waals surface area contributed by atoms with Crippen molar-refractivity contribution in [3.05, 3.63) is 65.9 Å². The Hall–Kier alpha value is -4.42. The Bertz CT molecular complexity index is 1660. The maximum absolute atomic E-state index is 14.3. The van der Waals surface area contributed by atoms with Gasteiger partial charge in [-0.2, -0.15) is 5.10 Å². The molecular weight excluding hydrogens is 515 g/mol. The van der Waals surface area contributed by atoms with Crippen LogP contribution in [0, 0.1) is 5.82 Å². The number of ether oxygens (including phenoxy) is 2. The second-order valence-electron chi connectivity index (χ2n) is 9.78. The summed E-state index contributed by atoms with van der Waals surface area (Å²) < 4.78 is 26.6. The molecule has 12 heteroatoms. The van der Waals surface area contributed by atoms with Crippen LogP contribution >= 0.6 is 0 Å². The Kier molecular flexibility index (Phi) is 7.10. The maximum atomic E-state index is 14.3. The lowest BCUT2D eigenvalue weighted by Crippen LogP contribution is -2.36. The summed E-state index contributed by atoms with van der Waals surface area (Å²) in [7, 11) is 1.58. The van der Waals surface area contributed by atoms with E-state index in [9.17, 15) is 9.18 Å². The van der Waals surface area contributed by atoms with E-state index in [1.54, 1.807) is 30.3 Å². The summed E-state index contributed by atoms with van der Waals surface area (Å²) in [5.41, 5.74) is 3.84. The van der Waals surface area contributed by atoms with Gasteiger partial charge in [0.25, 0.3) is 5.91 Å². The third-order valence-electron chi connectivity index (χ3n) is 6.85. The molecular formula is C28H29FN8O3. The molecule has 6 rings (SSSR count). The fourth-order valence-electron chi connectivity index (χ4n) is 4.89. The molecule has 1 saturated heterocycles. The minimum absolute atomic E-state index is 0.175. The van der Waals surface area contributed by atoms with E-state index in [4.69, 9.17) is 19.6 Å². The van der Waals surface area contributed by atoms with Crippen molar-refractivity contribution in [2.24, 2.45) is 0 Å². The van der Waals surface area contributed by atoms with Crippen molar-refractivity contribution >= 4 is 33.8 Å². The third-order valence-corrected chi connectivity index (χ3v) is 6.85. The number of hydrogen-bond donors (Lipinski definition) is 2. The molecule has 1 fully saturated rings. The van der Waals surface area contributed by atoms with E-state index in [1.807, 2.05) is 25.3 Å². The van der Waals surface area contributed by atoms with Gasteiger partial charge in [0.1, 0.15) is 28.5 Å². The van der Waals surface area contributed by atoms with Gasteiger partial charge in [-0.1, -0.05) is 6.07 Å². The zero-order valence-corrected chi connectivity index (χ0v) is 22.2. The van der Waals surface area contributed by atoms with Gasteiger partial charge in [-0.15, -0.1) is 0 Å². The van der Waals surface area contributed by atoms with E-state index in [0.29, 0.717) is 60.0 Å². The second kappa shape index (κ2) is 11.0. The fourth-order valence-corrected chi connectivity index (χ4v) is 4.89. The monoisotopic (exact) mass is 544 g/mol. The van der Waals surface area contributed by atoms with Gasteiger partial charge in [-0.05, 0) is 36.8 Å². The topological polar surface area (TPSA) is 123 Å². The van der Waals surface area contributed by atoms with Crippen LogP contribution in [-0.4, -0.2) is 81.7 Å². The lowest BCUT2D eigenvalue weighted by molar-refractivity contribution is 0.0907. The van der Waals surface area contributed by atoms with Crippen LogP contribution in [-0.2, 0) is 16.0 Å². The maximum Gasteiger partial charge on any atom is 0.255 e. The number of amides is 1. The Morgan fingerprint density at radius 2 is 2.05 bits per heavy atom. The van der Waals surface area contributed by atoms with Crippen LogP contribution in [0.25, 0.3) is 33.5 Å². The average Bonchev–Trinajstić information content (AvgIpc) is 3.55. The Morgan fingerprint density at radius 1 is 1.20 bits per heavy atom. The molecule has 1 aromatic carbocycles. The number of aromatic nitrogens is 6. The quantitative estimate of drug-likeness (QED) is 0.306. The van der Waals surface area contributed by atoms with E-state index >= 15 is 0 Å². The number of carbonyl (C=O) groups excluding carboxylic acids is 1. The van der Waals surface area contributed by atoms with Gasteiger partial charge in [-0.25, -0.2) is 19.3 Å². The highest BCUT2D eigenvalue weighted by molar-refractivity contribution is 6.05. The molecule has 1 amide bonds. The standard InChI is InChI=1S/C28H29FN8O3/c1-17(16-39-2)33-28(38)21-13-31-27-26(21)34-22(14-32-27)25-20-5-4-19(29)11-23(20)37(35-25)15-18-3-6-24(30-12-18)36-7-9-40-10-8-36/h3-6,11-14,17H,7-10,15-16H2,1-2H3,(H,31,32)(H,33,38)/t17-/m1/s1. The highest BCUT2D eigenvalue weighted by Crippen LogP contribution is 2.29. The molecule has 0 spiro atoms. The molecule has 0 unspecified atom stereocenters. The molecule has 11 nitrogen and oxygen atoms in total. The average molecular weight is 545 g/mol. The highest BCUT2D eigenvalue weighted by Gasteiger charge is 2.20. The van der Waals surface area contributed by atoms with Crippen molar-refractivity contribution in [1.82, 2.24) is 35.0 Å². The molecule has 1 atom stereocenters. The van der Waals surface area contributed by atoms with Gasteiger partial charge >= 0.3 is 0 Å². The zero-order valence-electron chi connectivity index (χ0n) is 22.2. The number of fused-ring (bicyclic) bond motifs is 2. The number of hydrogen-bond acceptors (Lipinski definition) is 8. The van der Waals surface area contributed by atoms with Crippen molar-refractivity contribution in [2.75, 3.05) is 44.9 Å². The van der Waals surface area contributed by atoms with Crippen molar-refractivity contribution in [3.63, 3.8) is 0 Å². The number of pyridine rings is 1. The Morgan fingerprint density at radius 3 is 2.83 bits per heavy atom. The molecule has 0 aliphatic carbocycles. The molecule has 40 heavy (non-hydrogen) atoms. The van der Waals surface area contributed by atoms with E-state index in [1.165, 1.54) is 12.1 Å². The van der Waals surface area contributed by atoms with Gasteiger partial charge in [0, 0.05) is 44.0 Å². The van der Waals surface area contributed by atoms with Crippen LogP contribution in [0.4, 0.5) is 10.2 Å². The first-order valence-corrected chi connectivity index (χ1v) is 13.1. The summed E-state index contributed by atoms with van der Waals surface area (Å²) in [5, 5.41) is 8.44. The van der Waals surface area contributed by atoms with E-state index in [0.717, 1.165) is 29.9 Å². The molecule has 206 valence electrons. The normalized spacial score (nSPS) is 14.6. The fraction of sp³-hybridized carbons (Fsp3) is 0.321. The van der Waals surface area contributed by atoms with Crippen LogP contribution in [0.2, 0.25) is 0 Å².